The maximum Gasteiger partial charge on any atom is 0.307 e. The Labute approximate surface area is 90.6 Å². The Kier molecular flexibility index (Phi) is 4.03. The minimum Gasteiger partial charge on any atom is -0.469 e. The van der Waals surface area contributed by atoms with Gasteiger partial charge in [0.25, 0.3) is 0 Å². The maximum atomic E-state index is 10.9. The van der Waals surface area contributed by atoms with Gasteiger partial charge in [-0.25, -0.2) is 0 Å². The van der Waals surface area contributed by atoms with Gasteiger partial charge >= 0.3 is 5.97 Å². The number of methoxy groups -OCH3 is 1. The molecule has 4 nitrogen and oxygen atoms in total. The van der Waals surface area contributed by atoms with Gasteiger partial charge in [-0.05, 0) is 27.6 Å². The Bertz CT molecular complexity index is 330. The van der Waals surface area contributed by atoms with Crippen LogP contribution in [0.2, 0.25) is 0 Å². The van der Waals surface area contributed by atoms with Crippen molar-refractivity contribution in [1.29, 1.82) is 0 Å². The van der Waals surface area contributed by atoms with E-state index in [1.165, 1.54) is 7.11 Å². The van der Waals surface area contributed by atoms with Gasteiger partial charge in [-0.2, -0.15) is 0 Å². The number of hydrogen-bond acceptors (Lipinski definition) is 4. The lowest BCUT2D eigenvalue weighted by molar-refractivity contribution is -0.141. The fourth-order valence-electron chi connectivity index (χ4n) is 1.01. The largest absolute Gasteiger partial charge is 0.469 e. The third-order valence-electron chi connectivity index (χ3n) is 1.77. The predicted molar refractivity (Wildman–Crippen MR) is 55.5 cm³/mol. The number of nitrogens with two attached hydrogens (primary N) is 1. The van der Waals surface area contributed by atoms with E-state index < -0.39 is 0 Å². The van der Waals surface area contributed by atoms with Crippen molar-refractivity contribution in [3.63, 3.8) is 0 Å². The van der Waals surface area contributed by atoms with E-state index in [4.69, 9.17) is 5.73 Å². The molecule has 2 N–H and O–H groups in total. The highest BCUT2D eigenvalue weighted by Gasteiger charge is 2.12. The molecule has 14 heavy (non-hydrogen) atoms. The summed E-state index contributed by atoms with van der Waals surface area (Å²) in [4.78, 5) is 14.9. The SMILES string of the molecule is COC(=O)CC(N)c1cncc(Br)c1. The lowest BCUT2D eigenvalue weighted by Crippen LogP contribution is -2.16. The number of esters is 1. The second-order valence-corrected chi connectivity index (χ2v) is 3.74. The molecule has 0 aliphatic carbocycles. The molecule has 1 atom stereocenters. The number of hydrogen-bond donors (Lipinski definition) is 1. The van der Waals surface area contributed by atoms with E-state index in [1.54, 1.807) is 12.4 Å². The molecule has 0 aliphatic rings. The number of aromatic nitrogens is 1. The van der Waals surface area contributed by atoms with Gasteiger partial charge in [0, 0.05) is 22.9 Å². The van der Waals surface area contributed by atoms with E-state index in [0.717, 1.165) is 10.0 Å². The van der Waals surface area contributed by atoms with E-state index in [1.807, 2.05) is 6.07 Å². The molecule has 1 aromatic heterocycles. The molecular formula is C9H11BrN2O2. The van der Waals surface area contributed by atoms with Crippen LogP contribution in [-0.4, -0.2) is 18.1 Å². The Morgan fingerprint density at radius 1 is 1.71 bits per heavy atom. The van der Waals surface area contributed by atoms with Gasteiger partial charge < -0.3 is 10.5 Å². The van der Waals surface area contributed by atoms with Crippen LogP contribution in [0.3, 0.4) is 0 Å². The molecule has 0 saturated heterocycles. The monoisotopic (exact) mass is 258 g/mol. The minimum absolute atomic E-state index is 0.161. The summed E-state index contributed by atoms with van der Waals surface area (Å²) in [5, 5.41) is 0. The van der Waals surface area contributed by atoms with Gasteiger partial charge in [-0.15, -0.1) is 0 Å². The first-order chi connectivity index (χ1) is 6.63. The van der Waals surface area contributed by atoms with Crippen molar-refractivity contribution < 1.29 is 9.53 Å². The third-order valence-corrected chi connectivity index (χ3v) is 2.20. The van der Waals surface area contributed by atoms with Gasteiger partial charge in [0.05, 0.1) is 13.5 Å². The number of pyridine rings is 1. The third kappa shape index (κ3) is 3.08. The van der Waals surface area contributed by atoms with Crippen LogP contribution >= 0.6 is 15.9 Å². The number of carbonyl (C=O) groups excluding carboxylic acids is 1. The van der Waals surface area contributed by atoms with E-state index in [2.05, 4.69) is 25.7 Å². The normalized spacial score (nSPS) is 12.2. The highest BCUT2D eigenvalue weighted by molar-refractivity contribution is 9.10. The molecule has 0 radical (unpaired) electrons. The second-order valence-electron chi connectivity index (χ2n) is 2.82. The second kappa shape index (κ2) is 5.07. The Morgan fingerprint density at radius 3 is 3.00 bits per heavy atom. The summed E-state index contributed by atoms with van der Waals surface area (Å²) in [6, 6.07) is 1.47. The van der Waals surface area contributed by atoms with E-state index in [-0.39, 0.29) is 18.4 Å². The summed E-state index contributed by atoms with van der Waals surface area (Å²) in [5.41, 5.74) is 6.59. The number of ether oxygens (including phenoxy) is 1. The molecule has 0 aromatic carbocycles. The van der Waals surface area contributed by atoms with Crippen LogP contribution in [0.25, 0.3) is 0 Å². The van der Waals surface area contributed by atoms with Crippen molar-refractivity contribution in [2.45, 2.75) is 12.5 Å². The van der Waals surface area contributed by atoms with Crippen molar-refractivity contribution in [3.05, 3.63) is 28.5 Å². The lowest BCUT2D eigenvalue weighted by atomic mass is 10.1. The molecule has 1 aromatic rings. The lowest BCUT2D eigenvalue weighted by Gasteiger charge is -2.09. The van der Waals surface area contributed by atoms with Crippen LogP contribution in [0.15, 0.2) is 22.9 Å². The van der Waals surface area contributed by atoms with Crippen LogP contribution in [0, 0.1) is 0 Å². The molecule has 1 heterocycles. The minimum atomic E-state index is -0.368. The predicted octanol–water partition coefficient (Wildman–Crippen LogP) is 1.41. The molecule has 1 unspecified atom stereocenters. The van der Waals surface area contributed by atoms with Crippen LogP contribution in [0.5, 0.6) is 0 Å². The number of halogens is 1. The first kappa shape index (κ1) is 11.1. The van der Waals surface area contributed by atoms with Crippen molar-refractivity contribution in [2.75, 3.05) is 7.11 Å². The molecule has 5 heteroatoms. The maximum absolute atomic E-state index is 10.9. The highest BCUT2D eigenvalue weighted by atomic mass is 79.9. The van der Waals surface area contributed by atoms with Crippen LogP contribution in [0.4, 0.5) is 0 Å². The summed E-state index contributed by atoms with van der Waals surface area (Å²) < 4.78 is 5.36. The van der Waals surface area contributed by atoms with Gasteiger partial charge in [0.1, 0.15) is 0 Å². The van der Waals surface area contributed by atoms with Crippen molar-refractivity contribution in [2.24, 2.45) is 5.73 Å². The quantitative estimate of drug-likeness (QED) is 0.833. The van der Waals surface area contributed by atoms with E-state index >= 15 is 0 Å². The molecule has 0 spiro atoms. The van der Waals surface area contributed by atoms with Gasteiger partial charge in [-0.3, -0.25) is 9.78 Å². The standard InChI is InChI=1S/C9H11BrN2O2/c1-14-9(13)3-8(11)6-2-7(10)5-12-4-6/h2,4-5,8H,3,11H2,1H3. The van der Waals surface area contributed by atoms with Crippen molar-refractivity contribution >= 4 is 21.9 Å². The molecular weight excluding hydrogens is 248 g/mol. The smallest absolute Gasteiger partial charge is 0.307 e. The summed E-state index contributed by atoms with van der Waals surface area (Å²) >= 11 is 3.28. The van der Waals surface area contributed by atoms with Crippen LogP contribution in [-0.2, 0) is 9.53 Å². The van der Waals surface area contributed by atoms with Crippen LogP contribution in [0.1, 0.15) is 18.0 Å². The zero-order valence-corrected chi connectivity index (χ0v) is 9.32. The Morgan fingerprint density at radius 2 is 2.43 bits per heavy atom. The fraction of sp³-hybridized carbons (Fsp3) is 0.333. The summed E-state index contributed by atoms with van der Waals surface area (Å²) in [7, 11) is 1.34. The average Bonchev–Trinajstić information content (AvgIpc) is 2.17. The highest BCUT2D eigenvalue weighted by Crippen LogP contribution is 2.17. The number of rotatable bonds is 3. The molecule has 76 valence electrons. The molecule has 0 bridgehead atoms. The van der Waals surface area contributed by atoms with E-state index in [9.17, 15) is 4.79 Å². The topological polar surface area (TPSA) is 65.2 Å². The first-order valence-corrected chi connectivity index (χ1v) is 4.85. The summed E-state index contributed by atoms with van der Waals surface area (Å²) in [6.07, 6.45) is 3.46. The summed E-state index contributed by atoms with van der Waals surface area (Å²) in [5.74, 6) is -0.322. The zero-order chi connectivity index (χ0) is 10.6. The van der Waals surface area contributed by atoms with Gasteiger partial charge in [0.15, 0.2) is 0 Å². The zero-order valence-electron chi connectivity index (χ0n) is 7.74. The molecule has 0 fully saturated rings. The Balaban J connectivity index is 2.69. The average molecular weight is 259 g/mol. The molecule has 0 saturated carbocycles. The van der Waals surface area contributed by atoms with Crippen LogP contribution < -0.4 is 5.73 Å². The molecule has 0 aliphatic heterocycles. The Hall–Kier alpha value is -0.940. The number of nitrogens with zero attached hydrogens (tertiary/aromatic N) is 1. The molecule has 1 rings (SSSR count). The molecule has 0 amide bonds. The van der Waals surface area contributed by atoms with Gasteiger partial charge in [0.2, 0.25) is 0 Å². The van der Waals surface area contributed by atoms with Crippen molar-refractivity contribution in [1.82, 2.24) is 4.98 Å². The first-order valence-electron chi connectivity index (χ1n) is 4.06. The van der Waals surface area contributed by atoms with Crippen molar-refractivity contribution in [3.8, 4) is 0 Å². The van der Waals surface area contributed by atoms with E-state index in [0.29, 0.717) is 0 Å². The fourth-order valence-corrected chi connectivity index (χ4v) is 1.39. The summed E-state index contributed by atoms with van der Waals surface area (Å²) in [6.45, 7) is 0. The number of carbonyl (C=O) groups is 1. The van der Waals surface area contributed by atoms with Gasteiger partial charge in [-0.1, -0.05) is 0 Å².